The van der Waals surface area contributed by atoms with Gasteiger partial charge in [0, 0.05) is 17.3 Å². The summed E-state index contributed by atoms with van der Waals surface area (Å²) in [5.41, 5.74) is 1.92. The first-order valence-electron chi connectivity index (χ1n) is 6.04. The Hall–Kier alpha value is -2.00. The summed E-state index contributed by atoms with van der Waals surface area (Å²) < 4.78 is 0. The lowest BCUT2D eigenvalue weighted by molar-refractivity contribution is -0.119. The van der Waals surface area contributed by atoms with Gasteiger partial charge in [-0.15, -0.1) is 0 Å². The zero-order chi connectivity index (χ0) is 13.5. The maximum absolute atomic E-state index is 11.7. The molecule has 0 bridgehead atoms. The predicted molar refractivity (Wildman–Crippen MR) is 78.2 cm³/mol. The van der Waals surface area contributed by atoms with Crippen LogP contribution in [-0.2, 0) is 11.3 Å². The van der Waals surface area contributed by atoms with Crippen LogP contribution in [0.15, 0.2) is 54.6 Å². The van der Waals surface area contributed by atoms with Crippen molar-refractivity contribution in [2.24, 2.45) is 0 Å². The first kappa shape index (κ1) is 13.4. The van der Waals surface area contributed by atoms with Crippen LogP contribution in [-0.4, -0.2) is 12.5 Å². The summed E-state index contributed by atoms with van der Waals surface area (Å²) in [6.07, 6.45) is 0. The van der Waals surface area contributed by atoms with Gasteiger partial charge in [-0.2, -0.15) is 0 Å². The number of hydrogen-bond acceptors (Lipinski definition) is 2. The third kappa shape index (κ3) is 4.64. The quantitative estimate of drug-likeness (QED) is 0.880. The summed E-state index contributed by atoms with van der Waals surface area (Å²) >= 11 is 5.88. The molecule has 0 aromatic heterocycles. The molecule has 0 aliphatic heterocycles. The summed E-state index contributed by atoms with van der Waals surface area (Å²) in [6.45, 7) is 0.737. The summed E-state index contributed by atoms with van der Waals surface area (Å²) in [7, 11) is 0. The molecule has 0 fully saturated rings. The number of amides is 1. The third-order valence-corrected chi connectivity index (χ3v) is 2.84. The van der Waals surface area contributed by atoms with Crippen LogP contribution in [0.5, 0.6) is 0 Å². The number of para-hydroxylation sites is 1. The lowest BCUT2D eigenvalue weighted by atomic mass is 10.2. The maximum atomic E-state index is 11.7. The highest BCUT2D eigenvalue weighted by molar-refractivity contribution is 6.30. The van der Waals surface area contributed by atoms with E-state index in [9.17, 15) is 4.79 Å². The molecular formula is C15H15ClN2O. The number of benzene rings is 2. The molecule has 0 atom stereocenters. The van der Waals surface area contributed by atoms with Crippen LogP contribution in [0.4, 0.5) is 5.69 Å². The fourth-order valence-corrected chi connectivity index (χ4v) is 1.86. The van der Waals surface area contributed by atoms with E-state index in [1.54, 1.807) is 0 Å². The van der Waals surface area contributed by atoms with Gasteiger partial charge in [-0.3, -0.25) is 4.79 Å². The van der Waals surface area contributed by atoms with E-state index in [1.165, 1.54) is 0 Å². The van der Waals surface area contributed by atoms with E-state index in [1.807, 2.05) is 54.6 Å². The van der Waals surface area contributed by atoms with E-state index in [0.717, 1.165) is 11.3 Å². The first-order valence-corrected chi connectivity index (χ1v) is 6.42. The van der Waals surface area contributed by atoms with Gasteiger partial charge in [0.15, 0.2) is 0 Å². The van der Waals surface area contributed by atoms with Crippen molar-refractivity contribution in [1.82, 2.24) is 5.32 Å². The summed E-state index contributed by atoms with van der Waals surface area (Å²) in [4.78, 5) is 11.7. The number of carbonyl (C=O) groups excluding carboxylic acids is 1. The number of carbonyl (C=O) groups is 1. The third-order valence-electron chi connectivity index (χ3n) is 2.61. The SMILES string of the molecule is O=C(CNc1ccccc1)NCc1cccc(Cl)c1. The average Bonchev–Trinajstić information content (AvgIpc) is 2.44. The zero-order valence-corrected chi connectivity index (χ0v) is 11.2. The Labute approximate surface area is 117 Å². The molecule has 0 spiro atoms. The topological polar surface area (TPSA) is 41.1 Å². The monoisotopic (exact) mass is 274 g/mol. The highest BCUT2D eigenvalue weighted by Crippen LogP contribution is 2.10. The Morgan fingerprint density at radius 2 is 1.84 bits per heavy atom. The Bertz CT molecular complexity index is 543. The second kappa shape index (κ2) is 6.81. The maximum Gasteiger partial charge on any atom is 0.239 e. The lowest BCUT2D eigenvalue weighted by Gasteiger charge is -2.08. The number of hydrogen-bond donors (Lipinski definition) is 2. The molecule has 0 saturated heterocycles. The number of anilines is 1. The van der Waals surface area contributed by atoms with Crippen LogP contribution in [0.3, 0.4) is 0 Å². The summed E-state index contributed by atoms with van der Waals surface area (Å²) in [5, 5.41) is 6.57. The Kier molecular flexibility index (Phi) is 4.81. The van der Waals surface area contributed by atoms with Crippen molar-refractivity contribution in [2.45, 2.75) is 6.54 Å². The van der Waals surface area contributed by atoms with Crippen molar-refractivity contribution in [1.29, 1.82) is 0 Å². The molecule has 2 aromatic rings. The zero-order valence-electron chi connectivity index (χ0n) is 10.4. The minimum Gasteiger partial charge on any atom is -0.376 e. The molecule has 98 valence electrons. The normalized spacial score (nSPS) is 9.95. The second-order valence-electron chi connectivity index (χ2n) is 4.13. The molecule has 0 unspecified atom stereocenters. The molecule has 0 saturated carbocycles. The van der Waals surface area contributed by atoms with E-state index in [4.69, 9.17) is 11.6 Å². The number of rotatable bonds is 5. The van der Waals surface area contributed by atoms with Gasteiger partial charge in [0.05, 0.1) is 6.54 Å². The number of halogens is 1. The average molecular weight is 275 g/mol. The molecule has 0 aliphatic rings. The van der Waals surface area contributed by atoms with E-state index < -0.39 is 0 Å². The molecule has 0 aliphatic carbocycles. The molecule has 0 heterocycles. The lowest BCUT2D eigenvalue weighted by Crippen LogP contribution is -2.29. The fraction of sp³-hybridized carbons (Fsp3) is 0.133. The van der Waals surface area contributed by atoms with Gasteiger partial charge in [-0.1, -0.05) is 41.9 Å². The minimum absolute atomic E-state index is 0.0520. The summed E-state index contributed by atoms with van der Waals surface area (Å²) in [6, 6.07) is 17.1. The first-order chi connectivity index (χ1) is 9.24. The molecule has 1 amide bonds. The van der Waals surface area contributed by atoms with Gasteiger partial charge in [-0.25, -0.2) is 0 Å². The van der Waals surface area contributed by atoms with Crippen molar-refractivity contribution < 1.29 is 4.79 Å². The van der Waals surface area contributed by atoms with Crippen LogP contribution < -0.4 is 10.6 Å². The van der Waals surface area contributed by atoms with E-state index >= 15 is 0 Å². The molecule has 3 nitrogen and oxygen atoms in total. The van der Waals surface area contributed by atoms with Crippen molar-refractivity contribution >= 4 is 23.2 Å². The minimum atomic E-state index is -0.0520. The molecule has 4 heteroatoms. The highest BCUT2D eigenvalue weighted by Gasteiger charge is 2.01. The van der Waals surface area contributed by atoms with Gasteiger partial charge in [0.1, 0.15) is 0 Å². The van der Waals surface area contributed by atoms with Gasteiger partial charge < -0.3 is 10.6 Å². The van der Waals surface area contributed by atoms with Crippen LogP contribution in [0, 0.1) is 0 Å². The van der Waals surface area contributed by atoms with Crippen LogP contribution >= 0.6 is 11.6 Å². The highest BCUT2D eigenvalue weighted by atomic mass is 35.5. The molecular weight excluding hydrogens is 260 g/mol. The molecule has 19 heavy (non-hydrogen) atoms. The van der Waals surface area contributed by atoms with Crippen molar-refractivity contribution in [3.05, 3.63) is 65.2 Å². The fourth-order valence-electron chi connectivity index (χ4n) is 1.65. The standard InChI is InChI=1S/C15H15ClN2O/c16-13-6-4-5-12(9-13)10-18-15(19)11-17-14-7-2-1-3-8-14/h1-9,17H,10-11H2,(H,18,19). The molecule has 2 aromatic carbocycles. The molecule has 0 radical (unpaired) electrons. The summed E-state index contributed by atoms with van der Waals surface area (Å²) in [5.74, 6) is -0.0520. The number of nitrogens with one attached hydrogen (secondary N) is 2. The Morgan fingerprint density at radius 3 is 2.58 bits per heavy atom. The second-order valence-corrected chi connectivity index (χ2v) is 4.56. The smallest absolute Gasteiger partial charge is 0.239 e. The van der Waals surface area contributed by atoms with E-state index in [2.05, 4.69) is 10.6 Å². The van der Waals surface area contributed by atoms with E-state index in [0.29, 0.717) is 11.6 Å². The van der Waals surface area contributed by atoms with Crippen molar-refractivity contribution in [3.63, 3.8) is 0 Å². The Balaban J connectivity index is 1.76. The van der Waals surface area contributed by atoms with Crippen LogP contribution in [0.25, 0.3) is 0 Å². The van der Waals surface area contributed by atoms with Gasteiger partial charge in [0.25, 0.3) is 0 Å². The van der Waals surface area contributed by atoms with E-state index in [-0.39, 0.29) is 12.5 Å². The van der Waals surface area contributed by atoms with Crippen LogP contribution in [0.1, 0.15) is 5.56 Å². The largest absolute Gasteiger partial charge is 0.376 e. The van der Waals surface area contributed by atoms with Crippen molar-refractivity contribution in [2.75, 3.05) is 11.9 Å². The molecule has 2 rings (SSSR count). The Morgan fingerprint density at radius 1 is 1.05 bits per heavy atom. The van der Waals surface area contributed by atoms with Gasteiger partial charge in [-0.05, 0) is 29.8 Å². The van der Waals surface area contributed by atoms with Crippen LogP contribution in [0.2, 0.25) is 5.02 Å². The predicted octanol–water partition coefficient (Wildman–Crippen LogP) is 3.07. The van der Waals surface area contributed by atoms with Crippen molar-refractivity contribution in [3.8, 4) is 0 Å². The molecule has 2 N–H and O–H groups in total. The van der Waals surface area contributed by atoms with Gasteiger partial charge in [0.2, 0.25) is 5.91 Å². The van der Waals surface area contributed by atoms with Gasteiger partial charge >= 0.3 is 0 Å².